The van der Waals surface area contributed by atoms with Crippen molar-refractivity contribution in [1.82, 2.24) is 10.2 Å². The number of benzene rings is 2. The molecule has 0 saturated carbocycles. The molecule has 0 bridgehead atoms. The van der Waals surface area contributed by atoms with Crippen molar-refractivity contribution in [3.05, 3.63) is 63.4 Å². The van der Waals surface area contributed by atoms with Gasteiger partial charge in [0.2, 0.25) is 5.89 Å². The number of carbonyl (C=O) groups excluding carboxylic acids is 2. The zero-order chi connectivity index (χ0) is 22.4. The van der Waals surface area contributed by atoms with Gasteiger partial charge in [-0.15, -0.1) is 10.2 Å². The van der Waals surface area contributed by atoms with Crippen molar-refractivity contribution in [2.24, 2.45) is 0 Å². The van der Waals surface area contributed by atoms with E-state index in [0.717, 1.165) is 30.0 Å². The quantitative estimate of drug-likeness (QED) is 0.228. The van der Waals surface area contributed by atoms with E-state index in [2.05, 4.69) is 15.5 Å². The Kier molecular flexibility index (Phi) is 7.15. The predicted octanol–water partition coefficient (Wildman–Crippen LogP) is 3.71. The van der Waals surface area contributed by atoms with E-state index in [1.165, 1.54) is 0 Å². The first kappa shape index (κ1) is 22.2. The summed E-state index contributed by atoms with van der Waals surface area (Å²) in [5, 5.41) is 21.2. The zero-order valence-corrected chi connectivity index (χ0v) is 17.0. The number of aromatic nitrogens is 2. The van der Waals surface area contributed by atoms with Gasteiger partial charge in [0, 0.05) is 22.7 Å². The molecule has 0 saturated heterocycles. The van der Waals surface area contributed by atoms with Gasteiger partial charge in [-0.3, -0.25) is 19.7 Å². The molecule has 0 fully saturated rings. The SMILES string of the molecule is O=C(COC(=O)CSc1nnc(-c2ccc(Cl)cc2)o1)Nc1cc([N+](=O)[O-])ccc1F. The van der Waals surface area contributed by atoms with Crippen molar-refractivity contribution >= 4 is 46.6 Å². The van der Waals surface area contributed by atoms with E-state index >= 15 is 0 Å². The molecular weight excluding hydrogens is 455 g/mol. The molecule has 3 aromatic rings. The fourth-order valence-electron chi connectivity index (χ4n) is 2.19. The minimum atomic E-state index is -0.867. The third kappa shape index (κ3) is 6.23. The van der Waals surface area contributed by atoms with Gasteiger partial charge in [0.05, 0.1) is 10.6 Å². The molecule has 0 atom stereocenters. The molecule has 31 heavy (non-hydrogen) atoms. The van der Waals surface area contributed by atoms with Crippen LogP contribution in [0.15, 0.2) is 52.1 Å². The van der Waals surface area contributed by atoms with Crippen LogP contribution in [-0.2, 0) is 14.3 Å². The molecule has 10 nitrogen and oxygen atoms in total. The first-order valence-corrected chi connectivity index (χ1v) is 9.80. The third-order valence-corrected chi connectivity index (χ3v) is 4.65. The Balaban J connectivity index is 1.46. The number of hydrogen-bond acceptors (Lipinski definition) is 9. The largest absolute Gasteiger partial charge is 0.455 e. The Labute approximate surface area is 182 Å². The second-order valence-electron chi connectivity index (χ2n) is 5.80. The van der Waals surface area contributed by atoms with Gasteiger partial charge in [0.15, 0.2) is 6.61 Å². The number of nitrogens with one attached hydrogen (secondary N) is 1. The number of nitrogens with zero attached hydrogens (tertiary/aromatic N) is 3. The standard InChI is InChI=1S/C18H12ClFN4O6S/c19-11-3-1-10(2-4-11)17-22-23-18(30-17)31-9-16(26)29-8-15(25)21-14-7-12(24(27)28)5-6-13(14)20/h1-7H,8-9H2,(H,21,25). The smallest absolute Gasteiger partial charge is 0.316 e. The molecule has 1 N–H and O–H groups in total. The van der Waals surface area contributed by atoms with Crippen LogP contribution in [0.1, 0.15) is 0 Å². The molecule has 1 heterocycles. The van der Waals surface area contributed by atoms with E-state index < -0.39 is 40.6 Å². The Morgan fingerprint density at radius 3 is 2.68 bits per heavy atom. The number of carbonyl (C=O) groups is 2. The van der Waals surface area contributed by atoms with Gasteiger partial charge >= 0.3 is 5.97 Å². The maximum atomic E-state index is 13.7. The van der Waals surface area contributed by atoms with Gasteiger partial charge in [0.1, 0.15) is 11.6 Å². The highest BCUT2D eigenvalue weighted by Gasteiger charge is 2.16. The summed E-state index contributed by atoms with van der Waals surface area (Å²) < 4.78 is 23.9. The van der Waals surface area contributed by atoms with E-state index in [1.54, 1.807) is 24.3 Å². The first-order chi connectivity index (χ1) is 14.8. The number of anilines is 1. The molecule has 1 amide bonds. The highest BCUT2D eigenvalue weighted by Crippen LogP contribution is 2.24. The highest BCUT2D eigenvalue weighted by molar-refractivity contribution is 7.99. The molecule has 0 spiro atoms. The van der Waals surface area contributed by atoms with Crippen molar-refractivity contribution in [1.29, 1.82) is 0 Å². The maximum absolute atomic E-state index is 13.7. The molecule has 160 valence electrons. The number of nitro groups is 1. The van der Waals surface area contributed by atoms with Crippen molar-refractivity contribution in [2.45, 2.75) is 5.22 Å². The van der Waals surface area contributed by atoms with E-state index in [9.17, 15) is 24.1 Å². The van der Waals surface area contributed by atoms with Gasteiger partial charge in [-0.25, -0.2) is 4.39 Å². The van der Waals surface area contributed by atoms with Crippen LogP contribution in [0.5, 0.6) is 0 Å². The summed E-state index contributed by atoms with van der Waals surface area (Å²) in [6, 6.07) is 9.38. The Morgan fingerprint density at radius 1 is 1.23 bits per heavy atom. The van der Waals surface area contributed by atoms with Gasteiger partial charge < -0.3 is 14.5 Å². The van der Waals surface area contributed by atoms with Crippen LogP contribution in [0.4, 0.5) is 15.8 Å². The van der Waals surface area contributed by atoms with Gasteiger partial charge in [0.25, 0.3) is 16.8 Å². The first-order valence-electron chi connectivity index (χ1n) is 8.43. The topological polar surface area (TPSA) is 137 Å². The van der Waals surface area contributed by atoms with E-state index in [1.807, 2.05) is 0 Å². The van der Waals surface area contributed by atoms with Crippen LogP contribution < -0.4 is 5.32 Å². The lowest BCUT2D eigenvalue weighted by Gasteiger charge is -2.07. The predicted molar refractivity (Wildman–Crippen MR) is 108 cm³/mol. The minimum absolute atomic E-state index is 0.116. The highest BCUT2D eigenvalue weighted by atomic mass is 35.5. The van der Waals surface area contributed by atoms with Crippen LogP contribution in [0.2, 0.25) is 5.02 Å². The molecule has 1 aromatic heterocycles. The van der Waals surface area contributed by atoms with Crippen LogP contribution in [0, 0.1) is 15.9 Å². The third-order valence-electron chi connectivity index (χ3n) is 3.61. The van der Waals surface area contributed by atoms with Crippen molar-refractivity contribution < 1.29 is 28.1 Å². The van der Waals surface area contributed by atoms with Crippen molar-refractivity contribution in [3.63, 3.8) is 0 Å². The molecule has 0 aliphatic carbocycles. The number of thioether (sulfide) groups is 1. The summed E-state index contributed by atoms with van der Waals surface area (Å²) in [6.07, 6.45) is 0. The Hall–Kier alpha value is -3.51. The van der Waals surface area contributed by atoms with Gasteiger partial charge in [-0.1, -0.05) is 23.4 Å². The number of non-ortho nitro benzene ring substituents is 1. The second-order valence-corrected chi connectivity index (χ2v) is 7.16. The zero-order valence-electron chi connectivity index (χ0n) is 15.4. The summed E-state index contributed by atoms with van der Waals surface area (Å²) >= 11 is 6.72. The summed E-state index contributed by atoms with van der Waals surface area (Å²) in [6.45, 7) is -0.707. The van der Waals surface area contributed by atoms with Crippen molar-refractivity contribution in [2.75, 3.05) is 17.7 Å². The van der Waals surface area contributed by atoms with Crippen LogP contribution >= 0.6 is 23.4 Å². The molecule has 3 rings (SSSR count). The molecule has 0 aliphatic heterocycles. The normalized spacial score (nSPS) is 10.5. The molecule has 2 aromatic carbocycles. The molecule has 13 heteroatoms. The fourth-order valence-corrected chi connectivity index (χ4v) is 2.88. The molecule has 0 unspecified atom stereocenters. The van der Waals surface area contributed by atoms with E-state index in [-0.39, 0.29) is 16.9 Å². The number of rotatable bonds is 8. The van der Waals surface area contributed by atoms with Crippen molar-refractivity contribution in [3.8, 4) is 11.5 Å². The van der Waals surface area contributed by atoms with Crippen LogP contribution in [0.25, 0.3) is 11.5 Å². The molecular formula is C18H12ClFN4O6S. The van der Waals surface area contributed by atoms with E-state index in [0.29, 0.717) is 10.6 Å². The number of hydrogen-bond donors (Lipinski definition) is 1. The van der Waals surface area contributed by atoms with Crippen LogP contribution in [0.3, 0.4) is 0 Å². The minimum Gasteiger partial charge on any atom is -0.455 e. The van der Waals surface area contributed by atoms with E-state index in [4.69, 9.17) is 20.8 Å². The Bertz CT molecular complexity index is 1120. The summed E-state index contributed by atoms with van der Waals surface area (Å²) in [7, 11) is 0. The Morgan fingerprint density at radius 2 is 1.97 bits per heavy atom. The van der Waals surface area contributed by atoms with Gasteiger partial charge in [-0.2, -0.15) is 0 Å². The number of ether oxygens (including phenoxy) is 1. The maximum Gasteiger partial charge on any atom is 0.316 e. The lowest BCUT2D eigenvalue weighted by Crippen LogP contribution is -2.22. The number of halogens is 2. The number of nitro benzene ring substituents is 1. The number of amides is 1. The molecule has 0 radical (unpaired) electrons. The lowest BCUT2D eigenvalue weighted by molar-refractivity contribution is -0.384. The monoisotopic (exact) mass is 466 g/mol. The van der Waals surface area contributed by atoms with Gasteiger partial charge in [-0.05, 0) is 30.3 Å². The lowest BCUT2D eigenvalue weighted by atomic mass is 10.2. The average Bonchev–Trinajstić information content (AvgIpc) is 3.21. The summed E-state index contributed by atoms with van der Waals surface area (Å²) in [5.74, 6) is -2.47. The average molecular weight is 467 g/mol. The summed E-state index contributed by atoms with van der Waals surface area (Å²) in [4.78, 5) is 33.6. The second kappa shape index (κ2) is 10.00. The molecule has 0 aliphatic rings. The van der Waals surface area contributed by atoms with Crippen LogP contribution in [-0.4, -0.2) is 39.4 Å². The summed E-state index contributed by atoms with van der Waals surface area (Å²) in [5.41, 5.74) is -0.149. The fraction of sp³-hybridized carbons (Fsp3) is 0.111. The number of esters is 1.